The summed E-state index contributed by atoms with van der Waals surface area (Å²) in [5.41, 5.74) is 8.39. The predicted octanol–water partition coefficient (Wildman–Crippen LogP) is -4.26. The van der Waals surface area contributed by atoms with Crippen LogP contribution in [0.4, 0.5) is 5.69 Å². The van der Waals surface area contributed by atoms with E-state index in [-0.39, 0.29) is 31.4 Å². The summed E-state index contributed by atoms with van der Waals surface area (Å²) in [6, 6.07) is 5.69. The molecule has 102 valence electrons. The lowest BCUT2D eigenvalue weighted by atomic mass is 10.2. The summed E-state index contributed by atoms with van der Waals surface area (Å²) < 4.78 is 2.05. The smallest absolute Gasteiger partial charge is 0.112 e. The molecule has 2 rings (SSSR count). The van der Waals surface area contributed by atoms with Gasteiger partial charge in [-0.25, -0.2) is 4.98 Å². The van der Waals surface area contributed by atoms with Gasteiger partial charge in [-0.15, -0.1) is 0 Å². The van der Waals surface area contributed by atoms with Gasteiger partial charge in [0.2, 0.25) is 0 Å². The second-order valence-electron chi connectivity index (χ2n) is 4.25. The van der Waals surface area contributed by atoms with E-state index in [9.17, 15) is 0 Å². The van der Waals surface area contributed by atoms with Crippen molar-refractivity contribution in [3.05, 3.63) is 24.0 Å². The molecule has 0 saturated carbocycles. The van der Waals surface area contributed by atoms with E-state index in [1.165, 1.54) is 0 Å². The standard InChI is InChI=1S/C12H17N3O.2ClH/c1-8(2)12-14-10-7-9(13)3-4-11(10)15(12)5-6-16;;/h3-4,7-8,16H,5-6,13H2,1-2H3;2*1H/p-2. The number of benzene rings is 1. The van der Waals surface area contributed by atoms with Crippen molar-refractivity contribution >= 4 is 16.7 Å². The van der Waals surface area contributed by atoms with Gasteiger partial charge in [0.1, 0.15) is 5.82 Å². The molecule has 0 unspecified atom stereocenters. The summed E-state index contributed by atoms with van der Waals surface area (Å²) in [5, 5.41) is 9.09. The van der Waals surface area contributed by atoms with Crippen LogP contribution in [0.15, 0.2) is 18.2 Å². The maximum absolute atomic E-state index is 9.09. The number of aliphatic hydroxyl groups is 1. The van der Waals surface area contributed by atoms with Crippen LogP contribution in [0, 0.1) is 0 Å². The average Bonchev–Trinajstić information content (AvgIpc) is 2.57. The normalized spacial score (nSPS) is 10.2. The number of hydrogen-bond acceptors (Lipinski definition) is 3. The van der Waals surface area contributed by atoms with E-state index < -0.39 is 0 Å². The van der Waals surface area contributed by atoms with Crippen LogP contribution >= 0.6 is 0 Å². The minimum Gasteiger partial charge on any atom is -1.00 e. The molecule has 0 radical (unpaired) electrons. The minimum absolute atomic E-state index is 0. The molecule has 0 spiro atoms. The first kappa shape index (κ1) is 17.0. The monoisotopic (exact) mass is 289 g/mol. The van der Waals surface area contributed by atoms with E-state index in [1.807, 2.05) is 18.2 Å². The molecular weight excluding hydrogens is 273 g/mol. The molecule has 2 aromatic rings. The van der Waals surface area contributed by atoms with Crippen molar-refractivity contribution < 1.29 is 29.9 Å². The van der Waals surface area contributed by atoms with E-state index in [1.54, 1.807) is 0 Å². The van der Waals surface area contributed by atoms with E-state index in [0.717, 1.165) is 22.5 Å². The number of aromatic nitrogens is 2. The highest BCUT2D eigenvalue weighted by molar-refractivity contribution is 5.79. The number of hydrogen-bond donors (Lipinski definition) is 2. The predicted molar refractivity (Wildman–Crippen MR) is 65.3 cm³/mol. The summed E-state index contributed by atoms with van der Waals surface area (Å²) in [4.78, 5) is 4.56. The SMILES string of the molecule is CC(C)c1nc2cc(N)ccc2n1CCO.[Cl-].[Cl-]. The van der Waals surface area contributed by atoms with Crippen LogP contribution in [-0.4, -0.2) is 21.3 Å². The Hall–Kier alpha value is -0.970. The Morgan fingerprint density at radius 3 is 2.56 bits per heavy atom. The van der Waals surface area contributed by atoms with Crippen LogP contribution in [0.1, 0.15) is 25.6 Å². The Morgan fingerprint density at radius 2 is 2.00 bits per heavy atom. The fourth-order valence-corrected chi connectivity index (χ4v) is 1.94. The number of nitrogen functional groups attached to an aromatic ring is 1. The topological polar surface area (TPSA) is 64.1 Å². The van der Waals surface area contributed by atoms with Gasteiger partial charge in [0.05, 0.1) is 17.6 Å². The quantitative estimate of drug-likeness (QED) is 0.563. The first-order valence-electron chi connectivity index (χ1n) is 5.50. The number of rotatable bonds is 3. The van der Waals surface area contributed by atoms with E-state index in [0.29, 0.717) is 12.5 Å². The van der Waals surface area contributed by atoms with Crippen LogP contribution in [0.25, 0.3) is 11.0 Å². The van der Waals surface area contributed by atoms with Crippen molar-refractivity contribution in [2.45, 2.75) is 26.3 Å². The highest BCUT2D eigenvalue weighted by atomic mass is 35.5. The minimum atomic E-state index is 0. The van der Waals surface area contributed by atoms with E-state index >= 15 is 0 Å². The number of aliphatic hydroxyl groups excluding tert-OH is 1. The Morgan fingerprint density at radius 1 is 1.33 bits per heavy atom. The summed E-state index contributed by atoms with van der Waals surface area (Å²) in [6.07, 6.45) is 0. The van der Waals surface area contributed by atoms with Gasteiger partial charge in [-0.2, -0.15) is 0 Å². The van der Waals surface area contributed by atoms with Crippen LogP contribution in [-0.2, 0) is 6.54 Å². The van der Waals surface area contributed by atoms with Gasteiger partial charge in [0, 0.05) is 18.2 Å². The van der Waals surface area contributed by atoms with Crippen molar-refractivity contribution in [3.63, 3.8) is 0 Å². The fraction of sp³-hybridized carbons (Fsp3) is 0.417. The first-order valence-corrected chi connectivity index (χ1v) is 5.50. The molecule has 0 amide bonds. The van der Waals surface area contributed by atoms with Gasteiger partial charge in [-0.3, -0.25) is 0 Å². The number of fused-ring (bicyclic) bond motifs is 1. The lowest BCUT2D eigenvalue weighted by molar-refractivity contribution is -0.001000. The van der Waals surface area contributed by atoms with Crippen LogP contribution in [0.5, 0.6) is 0 Å². The van der Waals surface area contributed by atoms with Crippen molar-refractivity contribution in [1.82, 2.24) is 9.55 Å². The summed E-state index contributed by atoms with van der Waals surface area (Å²) in [5.74, 6) is 1.33. The molecule has 0 atom stereocenters. The summed E-state index contributed by atoms with van der Waals surface area (Å²) in [7, 11) is 0. The third kappa shape index (κ3) is 3.07. The average molecular weight is 290 g/mol. The molecule has 0 aliphatic heterocycles. The first-order chi connectivity index (χ1) is 7.63. The molecule has 6 heteroatoms. The van der Waals surface area contributed by atoms with Gasteiger partial charge in [0.25, 0.3) is 0 Å². The Labute approximate surface area is 119 Å². The number of imidazole rings is 1. The third-order valence-corrected chi connectivity index (χ3v) is 2.64. The zero-order valence-corrected chi connectivity index (χ0v) is 11.9. The maximum Gasteiger partial charge on any atom is 0.112 e. The molecule has 0 fully saturated rings. The number of anilines is 1. The molecule has 0 saturated heterocycles. The van der Waals surface area contributed by atoms with Gasteiger partial charge >= 0.3 is 0 Å². The molecule has 18 heavy (non-hydrogen) atoms. The van der Waals surface area contributed by atoms with Crippen LogP contribution in [0.3, 0.4) is 0 Å². The molecule has 1 heterocycles. The van der Waals surface area contributed by atoms with Crippen LogP contribution in [0.2, 0.25) is 0 Å². The number of nitrogens with zero attached hydrogens (tertiary/aromatic N) is 2. The van der Waals surface area contributed by atoms with Crippen molar-refractivity contribution in [2.75, 3.05) is 12.3 Å². The van der Waals surface area contributed by atoms with E-state index in [2.05, 4.69) is 23.4 Å². The molecule has 1 aromatic heterocycles. The molecule has 3 N–H and O–H groups in total. The highest BCUT2D eigenvalue weighted by Gasteiger charge is 2.12. The molecule has 1 aromatic carbocycles. The summed E-state index contributed by atoms with van der Waals surface area (Å²) >= 11 is 0. The molecule has 0 aliphatic carbocycles. The van der Waals surface area contributed by atoms with Gasteiger partial charge in [-0.1, -0.05) is 13.8 Å². The Balaban J connectivity index is 0.00000144. The lowest BCUT2D eigenvalue weighted by Crippen LogP contribution is -3.00. The fourth-order valence-electron chi connectivity index (χ4n) is 1.94. The molecule has 4 nitrogen and oxygen atoms in total. The zero-order chi connectivity index (χ0) is 11.7. The summed E-state index contributed by atoms with van der Waals surface area (Å²) in [6.45, 7) is 4.89. The van der Waals surface area contributed by atoms with Crippen LogP contribution < -0.4 is 30.5 Å². The highest BCUT2D eigenvalue weighted by Crippen LogP contribution is 2.23. The number of nitrogens with two attached hydrogens (primary N) is 1. The van der Waals surface area contributed by atoms with E-state index in [4.69, 9.17) is 10.8 Å². The Bertz CT molecular complexity index is 511. The third-order valence-electron chi connectivity index (χ3n) is 2.64. The molecular formula is C12H17Cl2N3O-2. The zero-order valence-electron chi connectivity index (χ0n) is 10.4. The molecule has 0 aliphatic rings. The van der Waals surface area contributed by atoms with Crippen molar-refractivity contribution in [1.29, 1.82) is 0 Å². The molecule has 0 bridgehead atoms. The Kier molecular flexibility index (Phi) is 6.46. The maximum atomic E-state index is 9.09. The lowest BCUT2D eigenvalue weighted by Gasteiger charge is -2.09. The van der Waals surface area contributed by atoms with Gasteiger partial charge in [0.15, 0.2) is 0 Å². The second-order valence-corrected chi connectivity index (χ2v) is 4.25. The largest absolute Gasteiger partial charge is 1.00 e. The van der Waals surface area contributed by atoms with Gasteiger partial charge < -0.3 is 40.2 Å². The van der Waals surface area contributed by atoms with Crippen molar-refractivity contribution in [2.24, 2.45) is 0 Å². The second kappa shape index (κ2) is 6.83. The number of halogens is 2. The van der Waals surface area contributed by atoms with Gasteiger partial charge in [-0.05, 0) is 18.2 Å². The van der Waals surface area contributed by atoms with Crippen molar-refractivity contribution in [3.8, 4) is 0 Å².